The molecule has 0 spiro atoms. The van der Waals surface area contributed by atoms with Crippen LogP contribution in [-0.2, 0) is 4.74 Å². The molecule has 0 aliphatic heterocycles. The van der Waals surface area contributed by atoms with E-state index in [0.717, 1.165) is 0 Å². The minimum absolute atomic E-state index is 0.0809. The van der Waals surface area contributed by atoms with E-state index in [-0.39, 0.29) is 5.78 Å². The van der Waals surface area contributed by atoms with Gasteiger partial charge in [0, 0.05) is 23.5 Å². The second kappa shape index (κ2) is 4.65. The maximum Gasteiger partial charge on any atom is 0.337 e. The number of hydrogen-bond acceptors (Lipinski definition) is 3. The number of rotatable bonds is 3. The minimum Gasteiger partial charge on any atom is -0.465 e. The van der Waals surface area contributed by atoms with Crippen LogP contribution in [-0.4, -0.2) is 23.8 Å². The van der Waals surface area contributed by atoms with Crippen molar-refractivity contribution in [2.24, 2.45) is 0 Å². The second-order valence-corrected chi connectivity index (χ2v) is 3.50. The first-order valence-electron chi connectivity index (χ1n) is 5.08. The van der Waals surface area contributed by atoms with Crippen molar-refractivity contribution in [3.8, 4) is 0 Å². The first kappa shape index (κ1) is 11.1. The monoisotopic (exact) mass is 229 g/mol. The molecule has 1 heterocycles. The molecule has 0 atom stereocenters. The normalized spacial score (nSPS) is 9.94. The zero-order valence-electron chi connectivity index (χ0n) is 9.27. The Hall–Kier alpha value is -2.36. The van der Waals surface area contributed by atoms with Crippen molar-refractivity contribution >= 4 is 11.8 Å². The number of aromatic nitrogens is 1. The fraction of sp³-hybridized carbons (Fsp3) is 0.0769. The molecule has 17 heavy (non-hydrogen) atoms. The smallest absolute Gasteiger partial charge is 0.337 e. The zero-order chi connectivity index (χ0) is 12.3. The summed E-state index contributed by atoms with van der Waals surface area (Å²) in [7, 11) is 1.32. The van der Waals surface area contributed by atoms with Crippen LogP contribution in [0.15, 0.2) is 42.7 Å². The number of ether oxygens (including phenoxy) is 1. The summed E-state index contributed by atoms with van der Waals surface area (Å²) in [5.74, 6) is -0.492. The Kier molecular flexibility index (Phi) is 3.05. The largest absolute Gasteiger partial charge is 0.465 e. The van der Waals surface area contributed by atoms with Gasteiger partial charge in [0.25, 0.3) is 0 Å². The van der Waals surface area contributed by atoms with Crippen molar-refractivity contribution in [3.05, 3.63) is 59.4 Å². The lowest BCUT2D eigenvalue weighted by atomic mass is 10.0. The third kappa shape index (κ3) is 2.25. The number of methoxy groups -OCH3 is 1. The Balaban J connectivity index is 2.24. The highest BCUT2D eigenvalue weighted by Crippen LogP contribution is 2.11. The minimum atomic E-state index is -0.411. The predicted octanol–water partition coefficient (Wildman–Crippen LogP) is 2.03. The Bertz CT molecular complexity index is 526. The lowest BCUT2D eigenvalue weighted by Crippen LogP contribution is -2.03. The van der Waals surface area contributed by atoms with Crippen molar-refractivity contribution in [2.75, 3.05) is 7.11 Å². The summed E-state index contributed by atoms with van der Waals surface area (Å²) in [6.07, 6.45) is 3.33. The number of H-pyrrole nitrogens is 1. The third-order valence-corrected chi connectivity index (χ3v) is 2.43. The average molecular weight is 229 g/mol. The van der Waals surface area contributed by atoms with E-state index in [1.165, 1.54) is 7.11 Å². The van der Waals surface area contributed by atoms with Gasteiger partial charge in [-0.3, -0.25) is 4.79 Å². The summed E-state index contributed by atoms with van der Waals surface area (Å²) in [5, 5.41) is 0. The van der Waals surface area contributed by atoms with Gasteiger partial charge in [-0.15, -0.1) is 0 Å². The predicted molar refractivity (Wildman–Crippen MR) is 62.0 cm³/mol. The van der Waals surface area contributed by atoms with Crippen LogP contribution < -0.4 is 0 Å². The number of hydrogen-bond donors (Lipinski definition) is 1. The van der Waals surface area contributed by atoms with Crippen LogP contribution in [0.25, 0.3) is 0 Å². The summed E-state index contributed by atoms with van der Waals surface area (Å²) in [6, 6.07) is 8.08. The molecule has 4 heteroatoms. The summed E-state index contributed by atoms with van der Waals surface area (Å²) in [6.45, 7) is 0. The van der Waals surface area contributed by atoms with Crippen LogP contribution >= 0.6 is 0 Å². The van der Waals surface area contributed by atoms with Gasteiger partial charge < -0.3 is 9.72 Å². The SMILES string of the molecule is COC(=O)c1ccc(C(=O)c2cc[nH]c2)cc1. The summed E-state index contributed by atoms with van der Waals surface area (Å²) < 4.78 is 4.58. The van der Waals surface area contributed by atoms with Crippen molar-refractivity contribution < 1.29 is 14.3 Å². The van der Waals surface area contributed by atoms with Gasteiger partial charge in [0.2, 0.25) is 0 Å². The zero-order valence-corrected chi connectivity index (χ0v) is 9.27. The van der Waals surface area contributed by atoms with E-state index in [1.54, 1.807) is 42.7 Å². The van der Waals surface area contributed by atoms with Crippen LogP contribution in [0, 0.1) is 0 Å². The summed E-state index contributed by atoms with van der Waals surface area (Å²) in [5.41, 5.74) is 1.56. The number of nitrogens with one attached hydrogen (secondary N) is 1. The molecule has 2 aromatic rings. The summed E-state index contributed by atoms with van der Waals surface area (Å²) >= 11 is 0. The fourth-order valence-corrected chi connectivity index (χ4v) is 1.51. The molecule has 1 aromatic heterocycles. The molecule has 0 radical (unpaired) electrons. The molecule has 86 valence electrons. The average Bonchev–Trinajstić information content (AvgIpc) is 2.91. The van der Waals surface area contributed by atoms with Gasteiger partial charge in [-0.05, 0) is 18.2 Å². The molecule has 1 aromatic carbocycles. The van der Waals surface area contributed by atoms with E-state index >= 15 is 0 Å². The quantitative estimate of drug-likeness (QED) is 0.647. The van der Waals surface area contributed by atoms with E-state index in [4.69, 9.17) is 0 Å². The Morgan fingerprint density at radius 2 is 1.65 bits per heavy atom. The van der Waals surface area contributed by atoms with Gasteiger partial charge in [-0.1, -0.05) is 12.1 Å². The van der Waals surface area contributed by atoms with Gasteiger partial charge in [0.15, 0.2) is 5.78 Å². The van der Waals surface area contributed by atoms with E-state index in [2.05, 4.69) is 9.72 Å². The first-order chi connectivity index (χ1) is 8.22. The van der Waals surface area contributed by atoms with E-state index in [1.807, 2.05) is 0 Å². The molecule has 0 aliphatic carbocycles. The number of carbonyl (C=O) groups is 2. The van der Waals surface area contributed by atoms with Gasteiger partial charge in [0.05, 0.1) is 12.7 Å². The number of carbonyl (C=O) groups excluding carboxylic acids is 2. The highest BCUT2D eigenvalue weighted by molar-refractivity contribution is 6.09. The Morgan fingerprint density at radius 1 is 1.00 bits per heavy atom. The van der Waals surface area contributed by atoms with Gasteiger partial charge in [-0.2, -0.15) is 0 Å². The molecule has 0 bridgehead atoms. The Morgan fingerprint density at radius 3 is 2.18 bits per heavy atom. The molecular weight excluding hydrogens is 218 g/mol. The summed E-state index contributed by atoms with van der Waals surface area (Å²) in [4.78, 5) is 26.0. The van der Waals surface area contributed by atoms with Crippen LogP contribution in [0.4, 0.5) is 0 Å². The molecule has 0 unspecified atom stereocenters. The second-order valence-electron chi connectivity index (χ2n) is 3.50. The number of esters is 1. The van der Waals surface area contributed by atoms with Crippen molar-refractivity contribution in [1.29, 1.82) is 0 Å². The van der Waals surface area contributed by atoms with Crippen LogP contribution in [0.2, 0.25) is 0 Å². The van der Waals surface area contributed by atoms with E-state index in [0.29, 0.717) is 16.7 Å². The fourth-order valence-electron chi connectivity index (χ4n) is 1.51. The molecule has 0 amide bonds. The van der Waals surface area contributed by atoms with Crippen molar-refractivity contribution in [3.63, 3.8) is 0 Å². The number of ketones is 1. The lowest BCUT2D eigenvalue weighted by molar-refractivity contribution is 0.0600. The molecule has 1 N–H and O–H groups in total. The standard InChI is InChI=1S/C13H11NO3/c1-17-13(16)10-4-2-9(3-5-10)12(15)11-6-7-14-8-11/h2-8,14H,1H3. The van der Waals surface area contributed by atoms with Gasteiger partial charge in [0.1, 0.15) is 0 Å². The van der Waals surface area contributed by atoms with Gasteiger partial charge >= 0.3 is 5.97 Å². The van der Waals surface area contributed by atoms with Crippen molar-refractivity contribution in [2.45, 2.75) is 0 Å². The molecule has 2 rings (SSSR count). The molecule has 0 saturated heterocycles. The highest BCUT2D eigenvalue weighted by atomic mass is 16.5. The highest BCUT2D eigenvalue weighted by Gasteiger charge is 2.10. The number of benzene rings is 1. The Labute approximate surface area is 98.2 Å². The van der Waals surface area contributed by atoms with Crippen molar-refractivity contribution in [1.82, 2.24) is 4.98 Å². The van der Waals surface area contributed by atoms with Crippen LogP contribution in [0.3, 0.4) is 0 Å². The third-order valence-electron chi connectivity index (χ3n) is 2.43. The number of aromatic amines is 1. The lowest BCUT2D eigenvalue weighted by Gasteiger charge is -2.01. The van der Waals surface area contributed by atoms with Crippen LogP contribution in [0.5, 0.6) is 0 Å². The molecular formula is C13H11NO3. The molecule has 0 aliphatic rings. The maximum atomic E-state index is 11.9. The molecule has 0 saturated carbocycles. The van der Waals surface area contributed by atoms with Crippen LogP contribution in [0.1, 0.15) is 26.3 Å². The van der Waals surface area contributed by atoms with E-state index in [9.17, 15) is 9.59 Å². The first-order valence-corrected chi connectivity index (χ1v) is 5.08. The maximum absolute atomic E-state index is 11.9. The molecule has 4 nitrogen and oxygen atoms in total. The van der Waals surface area contributed by atoms with E-state index < -0.39 is 5.97 Å². The molecule has 0 fully saturated rings. The van der Waals surface area contributed by atoms with Gasteiger partial charge in [-0.25, -0.2) is 4.79 Å². The topological polar surface area (TPSA) is 59.2 Å².